The number of rotatable bonds is 2. The standard InChI is InChI=1S/C15H22FN3O/c1-9-8-15(3,4)19(10(2)14(20)18-17)13-7-11(16)5-6-12(9)13/h5-7,9-10H,8,17H2,1-4H3,(H,18,20)/t9-,10+/m1/s1. The zero-order valence-electron chi connectivity index (χ0n) is 12.4. The van der Waals surface area contributed by atoms with Gasteiger partial charge in [-0.25, -0.2) is 10.2 Å². The number of anilines is 1. The van der Waals surface area contributed by atoms with Gasteiger partial charge in [-0.15, -0.1) is 0 Å². The number of carbonyl (C=O) groups excluding carboxylic acids is 1. The Balaban J connectivity index is 2.56. The summed E-state index contributed by atoms with van der Waals surface area (Å²) in [5.74, 6) is 5.00. The Labute approximate surface area is 119 Å². The van der Waals surface area contributed by atoms with Gasteiger partial charge >= 0.3 is 0 Å². The molecule has 0 radical (unpaired) electrons. The van der Waals surface area contributed by atoms with Gasteiger partial charge in [0.2, 0.25) is 0 Å². The number of amides is 1. The van der Waals surface area contributed by atoms with Gasteiger partial charge in [0.05, 0.1) is 0 Å². The molecule has 0 aliphatic carbocycles. The summed E-state index contributed by atoms with van der Waals surface area (Å²) in [6.07, 6.45) is 0.897. The van der Waals surface area contributed by atoms with Crippen LogP contribution in [-0.2, 0) is 4.79 Å². The van der Waals surface area contributed by atoms with Gasteiger partial charge in [0, 0.05) is 11.2 Å². The van der Waals surface area contributed by atoms with Crippen LogP contribution >= 0.6 is 0 Å². The van der Waals surface area contributed by atoms with Gasteiger partial charge in [-0.3, -0.25) is 10.2 Å². The zero-order chi connectivity index (χ0) is 15.1. The molecule has 1 amide bonds. The van der Waals surface area contributed by atoms with E-state index in [9.17, 15) is 9.18 Å². The van der Waals surface area contributed by atoms with E-state index in [-0.39, 0.29) is 17.3 Å². The van der Waals surface area contributed by atoms with E-state index in [0.717, 1.165) is 17.7 Å². The second kappa shape index (κ2) is 5.05. The fourth-order valence-electron chi connectivity index (χ4n) is 3.40. The molecule has 0 saturated carbocycles. The van der Waals surface area contributed by atoms with Gasteiger partial charge in [0.15, 0.2) is 0 Å². The molecule has 2 rings (SSSR count). The molecule has 5 heteroatoms. The van der Waals surface area contributed by atoms with Crippen molar-refractivity contribution in [3.05, 3.63) is 29.6 Å². The van der Waals surface area contributed by atoms with Crippen LogP contribution in [0.4, 0.5) is 10.1 Å². The zero-order valence-corrected chi connectivity index (χ0v) is 12.4. The van der Waals surface area contributed by atoms with E-state index < -0.39 is 6.04 Å². The predicted octanol–water partition coefficient (Wildman–Crippen LogP) is 2.30. The number of hydrogen-bond acceptors (Lipinski definition) is 3. The van der Waals surface area contributed by atoms with E-state index in [1.54, 1.807) is 6.92 Å². The first kappa shape index (κ1) is 14.8. The Morgan fingerprint density at radius 2 is 2.20 bits per heavy atom. The topological polar surface area (TPSA) is 58.4 Å². The smallest absolute Gasteiger partial charge is 0.256 e. The van der Waals surface area contributed by atoms with Gasteiger partial charge in [-0.1, -0.05) is 13.0 Å². The second-order valence-electron chi connectivity index (χ2n) is 6.18. The van der Waals surface area contributed by atoms with Crippen molar-refractivity contribution in [2.75, 3.05) is 4.90 Å². The molecule has 1 heterocycles. The lowest BCUT2D eigenvalue weighted by Crippen LogP contribution is -2.58. The molecular weight excluding hydrogens is 257 g/mol. The molecule has 1 aliphatic rings. The number of hydrogen-bond donors (Lipinski definition) is 2. The SMILES string of the molecule is C[C@@H]1CC(C)(C)N([C@@H](C)C(=O)NN)c2cc(F)ccc21. The normalized spacial score (nSPS) is 22.1. The lowest BCUT2D eigenvalue weighted by atomic mass is 9.79. The maximum absolute atomic E-state index is 13.6. The molecule has 0 unspecified atom stereocenters. The van der Waals surface area contributed by atoms with Crippen molar-refractivity contribution in [3.8, 4) is 0 Å². The number of halogens is 1. The first-order valence-corrected chi connectivity index (χ1v) is 6.87. The maximum Gasteiger partial charge on any atom is 0.256 e. The van der Waals surface area contributed by atoms with Crippen molar-refractivity contribution in [3.63, 3.8) is 0 Å². The van der Waals surface area contributed by atoms with Gasteiger partial charge < -0.3 is 4.90 Å². The molecule has 0 aromatic heterocycles. The number of nitrogens with two attached hydrogens (primary N) is 1. The summed E-state index contributed by atoms with van der Waals surface area (Å²) >= 11 is 0. The van der Waals surface area contributed by atoms with E-state index >= 15 is 0 Å². The Hall–Kier alpha value is -1.62. The Morgan fingerprint density at radius 3 is 2.80 bits per heavy atom. The average Bonchev–Trinajstić information content (AvgIpc) is 2.35. The fraction of sp³-hybridized carbons (Fsp3) is 0.533. The minimum atomic E-state index is -0.456. The molecule has 0 bridgehead atoms. The monoisotopic (exact) mass is 279 g/mol. The van der Waals surface area contributed by atoms with Crippen LogP contribution in [0.15, 0.2) is 18.2 Å². The highest BCUT2D eigenvalue weighted by Gasteiger charge is 2.40. The summed E-state index contributed by atoms with van der Waals surface area (Å²) in [6.45, 7) is 8.05. The summed E-state index contributed by atoms with van der Waals surface area (Å²) < 4.78 is 13.6. The number of carbonyl (C=O) groups is 1. The minimum absolute atomic E-state index is 0.244. The molecule has 0 saturated heterocycles. The molecule has 1 aromatic rings. The lowest BCUT2D eigenvalue weighted by Gasteiger charge is -2.49. The van der Waals surface area contributed by atoms with E-state index in [1.807, 2.05) is 11.0 Å². The Kier molecular flexibility index (Phi) is 3.73. The fourth-order valence-corrected chi connectivity index (χ4v) is 3.40. The molecular formula is C15H22FN3O. The maximum atomic E-state index is 13.6. The van der Waals surface area contributed by atoms with Crippen LogP contribution in [0.25, 0.3) is 0 Å². The van der Waals surface area contributed by atoms with Crippen LogP contribution in [-0.4, -0.2) is 17.5 Å². The third-order valence-corrected chi connectivity index (χ3v) is 4.15. The summed E-state index contributed by atoms with van der Waals surface area (Å²) in [6, 6.07) is 4.33. The van der Waals surface area contributed by atoms with E-state index in [4.69, 9.17) is 5.84 Å². The van der Waals surface area contributed by atoms with Crippen molar-refractivity contribution in [1.82, 2.24) is 5.43 Å². The van der Waals surface area contributed by atoms with E-state index in [1.165, 1.54) is 12.1 Å². The molecule has 2 atom stereocenters. The predicted molar refractivity (Wildman–Crippen MR) is 77.8 cm³/mol. The molecule has 0 spiro atoms. The Bertz CT molecular complexity index is 530. The highest BCUT2D eigenvalue weighted by Crippen LogP contribution is 2.44. The van der Waals surface area contributed by atoms with Gasteiger partial charge in [-0.05, 0) is 50.8 Å². The molecule has 0 fully saturated rings. The third-order valence-electron chi connectivity index (χ3n) is 4.15. The number of hydrazine groups is 1. The summed E-state index contributed by atoms with van der Waals surface area (Å²) in [5.41, 5.74) is 3.79. The molecule has 1 aliphatic heterocycles. The van der Waals surface area contributed by atoms with Crippen LogP contribution in [0.5, 0.6) is 0 Å². The second-order valence-corrected chi connectivity index (χ2v) is 6.18. The van der Waals surface area contributed by atoms with Crippen molar-refractivity contribution < 1.29 is 9.18 Å². The van der Waals surface area contributed by atoms with Crippen LogP contribution < -0.4 is 16.2 Å². The van der Waals surface area contributed by atoms with Crippen LogP contribution in [0.3, 0.4) is 0 Å². The molecule has 110 valence electrons. The van der Waals surface area contributed by atoms with Crippen molar-refractivity contribution in [2.24, 2.45) is 5.84 Å². The quantitative estimate of drug-likeness (QED) is 0.496. The van der Waals surface area contributed by atoms with Crippen LogP contribution in [0, 0.1) is 5.82 Å². The van der Waals surface area contributed by atoms with E-state index in [0.29, 0.717) is 5.92 Å². The highest BCUT2D eigenvalue weighted by molar-refractivity contribution is 5.85. The summed E-state index contributed by atoms with van der Waals surface area (Å²) in [7, 11) is 0. The van der Waals surface area contributed by atoms with E-state index in [2.05, 4.69) is 26.2 Å². The van der Waals surface area contributed by atoms with Gasteiger partial charge in [-0.2, -0.15) is 0 Å². The minimum Gasteiger partial charge on any atom is -0.354 e. The summed E-state index contributed by atoms with van der Waals surface area (Å²) in [4.78, 5) is 13.9. The third kappa shape index (κ3) is 2.38. The average molecular weight is 279 g/mol. The lowest BCUT2D eigenvalue weighted by molar-refractivity contribution is -0.122. The molecule has 20 heavy (non-hydrogen) atoms. The van der Waals surface area contributed by atoms with Crippen LogP contribution in [0.1, 0.15) is 45.6 Å². The molecule has 1 aromatic carbocycles. The first-order chi connectivity index (χ1) is 9.27. The van der Waals surface area contributed by atoms with Gasteiger partial charge in [0.25, 0.3) is 5.91 Å². The number of fused-ring (bicyclic) bond motifs is 1. The number of nitrogens with zero attached hydrogens (tertiary/aromatic N) is 1. The molecule has 3 N–H and O–H groups in total. The first-order valence-electron chi connectivity index (χ1n) is 6.87. The number of nitrogens with one attached hydrogen (secondary N) is 1. The summed E-state index contributed by atoms with van der Waals surface area (Å²) in [5, 5.41) is 0. The van der Waals surface area contributed by atoms with Crippen molar-refractivity contribution in [2.45, 2.75) is 51.6 Å². The van der Waals surface area contributed by atoms with Crippen molar-refractivity contribution in [1.29, 1.82) is 0 Å². The van der Waals surface area contributed by atoms with Crippen LogP contribution in [0.2, 0.25) is 0 Å². The highest BCUT2D eigenvalue weighted by atomic mass is 19.1. The molecule has 4 nitrogen and oxygen atoms in total. The largest absolute Gasteiger partial charge is 0.354 e. The number of benzene rings is 1. The van der Waals surface area contributed by atoms with Crippen molar-refractivity contribution >= 4 is 11.6 Å². The van der Waals surface area contributed by atoms with Gasteiger partial charge in [0.1, 0.15) is 11.9 Å². The Morgan fingerprint density at radius 1 is 1.55 bits per heavy atom.